The second-order valence-electron chi connectivity index (χ2n) is 9.34. The minimum Gasteiger partial charge on any atom is -0.493 e. The zero-order valence-electron chi connectivity index (χ0n) is 21.2. The monoisotopic (exact) mass is 432 g/mol. The van der Waals surface area contributed by atoms with Gasteiger partial charge in [-0.3, -0.25) is 0 Å². The van der Waals surface area contributed by atoms with E-state index in [2.05, 4.69) is 39.0 Å². The fourth-order valence-corrected chi connectivity index (χ4v) is 4.09. The molecule has 31 heavy (non-hydrogen) atoms. The molecular formula is C29H52O2. The van der Waals surface area contributed by atoms with Gasteiger partial charge in [-0.15, -0.1) is 0 Å². The number of hydrogen-bond acceptors (Lipinski definition) is 2. The number of unbranched alkanes of at least 4 members (excludes halogenated alkanes) is 16. The zero-order valence-corrected chi connectivity index (χ0v) is 21.2. The van der Waals surface area contributed by atoms with Crippen molar-refractivity contribution in [2.45, 2.75) is 136 Å². The molecule has 0 saturated heterocycles. The van der Waals surface area contributed by atoms with Crippen molar-refractivity contribution >= 4 is 0 Å². The van der Waals surface area contributed by atoms with Crippen LogP contribution >= 0.6 is 0 Å². The summed E-state index contributed by atoms with van der Waals surface area (Å²) in [5, 5.41) is 0. The van der Waals surface area contributed by atoms with Crippen molar-refractivity contribution in [1.29, 1.82) is 0 Å². The molecule has 0 heterocycles. The molecule has 2 nitrogen and oxygen atoms in total. The average molecular weight is 433 g/mol. The van der Waals surface area contributed by atoms with Crippen LogP contribution in [0.1, 0.15) is 135 Å². The van der Waals surface area contributed by atoms with Crippen LogP contribution in [0.4, 0.5) is 0 Å². The van der Waals surface area contributed by atoms with Gasteiger partial charge in [0.1, 0.15) is 11.5 Å². The van der Waals surface area contributed by atoms with Crippen LogP contribution < -0.4 is 9.47 Å². The molecule has 0 saturated carbocycles. The highest BCUT2D eigenvalue weighted by Gasteiger charge is 2.02. The number of aryl methyl sites for hydroxylation is 1. The summed E-state index contributed by atoms with van der Waals surface area (Å²) in [6.07, 6.45) is 24.2. The highest BCUT2D eigenvalue weighted by atomic mass is 16.5. The van der Waals surface area contributed by atoms with Gasteiger partial charge in [-0.1, -0.05) is 117 Å². The molecule has 2 heteroatoms. The molecule has 0 aliphatic rings. The summed E-state index contributed by atoms with van der Waals surface area (Å²) in [5.41, 5.74) is 1.21. The van der Waals surface area contributed by atoms with E-state index in [-0.39, 0.29) is 0 Å². The highest BCUT2D eigenvalue weighted by molar-refractivity contribution is 5.37. The first kappa shape index (κ1) is 27.9. The van der Waals surface area contributed by atoms with Crippen molar-refractivity contribution in [2.24, 2.45) is 0 Å². The molecule has 0 aliphatic carbocycles. The maximum atomic E-state index is 6.01. The first-order valence-corrected chi connectivity index (χ1v) is 13.6. The van der Waals surface area contributed by atoms with Gasteiger partial charge < -0.3 is 9.47 Å². The Bertz CT molecular complexity index is 469. The van der Waals surface area contributed by atoms with Crippen LogP contribution in [0.3, 0.4) is 0 Å². The van der Waals surface area contributed by atoms with Crippen LogP contribution in [0.25, 0.3) is 0 Å². The highest BCUT2D eigenvalue weighted by Crippen LogP contribution is 2.23. The second-order valence-corrected chi connectivity index (χ2v) is 9.34. The van der Waals surface area contributed by atoms with E-state index in [1.165, 1.54) is 108 Å². The van der Waals surface area contributed by atoms with Gasteiger partial charge in [0.05, 0.1) is 13.2 Å². The van der Waals surface area contributed by atoms with Gasteiger partial charge in [0.2, 0.25) is 0 Å². The summed E-state index contributed by atoms with van der Waals surface area (Å²) < 4.78 is 12.0. The Morgan fingerprint density at radius 2 is 0.774 bits per heavy atom. The van der Waals surface area contributed by atoms with Gasteiger partial charge in [-0.05, 0) is 37.5 Å². The maximum Gasteiger partial charge on any atom is 0.123 e. The zero-order chi connectivity index (χ0) is 22.4. The molecule has 1 rings (SSSR count). The van der Waals surface area contributed by atoms with Crippen molar-refractivity contribution < 1.29 is 9.47 Å². The largest absolute Gasteiger partial charge is 0.493 e. The topological polar surface area (TPSA) is 18.5 Å². The van der Waals surface area contributed by atoms with E-state index < -0.39 is 0 Å². The fraction of sp³-hybridized carbons (Fsp3) is 0.793. The summed E-state index contributed by atoms with van der Waals surface area (Å²) in [7, 11) is 0. The SMILES string of the molecule is CCCCCCCCCCCOc1cc(C)cc(OCCCCCCCCCCC)c1. The smallest absolute Gasteiger partial charge is 0.123 e. The molecule has 0 aromatic heterocycles. The van der Waals surface area contributed by atoms with E-state index >= 15 is 0 Å². The number of ether oxygens (including phenoxy) is 2. The van der Waals surface area contributed by atoms with Gasteiger partial charge in [0.25, 0.3) is 0 Å². The Morgan fingerprint density at radius 1 is 0.452 bits per heavy atom. The van der Waals surface area contributed by atoms with Crippen molar-refractivity contribution in [3.63, 3.8) is 0 Å². The van der Waals surface area contributed by atoms with Gasteiger partial charge >= 0.3 is 0 Å². The molecule has 180 valence electrons. The number of benzene rings is 1. The van der Waals surface area contributed by atoms with E-state index in [1.807, 2.05) is 0 Å². The number of rotatable bonds is 22. The lowest BCUT2D eigenvalue weighted by Gasteiger charge is -2.11. The van der Waals surface area contributed by atoms with Crippen LogP contribution in [0.15, 0.2) is 18.2 Å². The predicted octanol–water partition coefficient (Wildman–Crippen LogP) is 9.81. The third-order valence-electron chi connectivity index (χ3n) is 6.06. The third kappa shape index (κ3) is 17.1. The van der Waals surface area contributed by atoms with Crippen LogP contribution in [0.5, 0.6) is 11.5 Å². The molecule has 0 radical (unpaired) electrons. The third-order valence-corrected chi connectivity index (χ3v) is 6.06. The van der Waals surface area contributed by atoms with Crippen LogP contribution in [-0.4, -0.2) is 13.2 Å². The molecule has 0 amide bonds. The normalized spacial score (nSPS) is 11.1. The minimum absolute atomic E-state index is 0.816. The summed E-state index contributed by atoms with van der Waals surface area (Å²) in [4.78, 5) is 0. The molecule has 0 aliphatic heterocycles. The Balaban J connectivity index is 2.06. The Kier molecular flexibility index (Phi) is 18.6. The molecule has 0 unspecified atom stereocenters. The summed E-state index contributed by atoms with van der Waals surface area (Å²) in [6.45, 7) is 8.31. The van der Waals surface area contributed by atoms with E-state index in [0.29, 0.717) is 0 Å². The van der Waals surface area contributed by atoms with Crippen LogP contribution in [0, 0.1) is 6.92 Å². The molecule has 0 N–H and O–H groups in total. The second kappa shape index (κ2) is 20.7. The summed E-state index contributed by atoms with van der Waals surface area (Å²) in [6, 6.07) is 6.31. The van der Waals surface area contributed by atoms with Crippen LogP contribution in [0.2, 0.25) is 0 Å². The standard InChI is InChI=1S/C29H52O2/c1-4-6-8-10-12-14-16-18-20-22-30-28-24-27(3)25-29(26-28)31-23-21-19-17-15-13-11-9-7-5-2/h24-26H,4-23H2,1-3H3. The summed E-state index contributed by atoms with van der Waals surface area (Å²) >= 11 is 0. The van der Waals surface area contributed by atoms with Gasteiger partial charge in [0, 0.05) is 6.07 Å². The van der Waals surface area contributed by atoms with Crippen LogP contribution in [-0.2, 0) is 0 Å². The molecular weight excluding hydrogens is 380 g/mol. The average Bonchev–Trinajstić information content (AvgIpc) is 2.76. The molecule has 0 atom stereocenters. The van der Waals surface area contributed by atoms with Gasteiger partial charge in [0.15, 0.2) is 0 Å². The van der Waals surface area contributed by atoms with E-state index in [0.717, 1.165) is 37.6 Å². The Morgan fingerprint density at radius 3 is 1.13 bits per heavy atom. The quantitative estimate of drug-likeness (QED) is 0.170. The lowest BCUT2D eigenvalue weighted by molar-refractivity contribution is 0.289. The molecule has 0 spiro atoms. The lowest BCUT2D eigenvalue weighted by Crippen LogP contribution is -2.00. The van der Waals surface area contributed by atoms with Crippen molar-refractivity contribution in [3.8, 4) is 11.5 Å². The van der Waals surface area contributed by atoms with E-state index in [1.54, 1.807) is 0 Å². The van der Waals surface area contributed by atoms with Crippen molar-refractivity contribution in [2.75, 3.05) is 13.2 Å². The minimum atomic E-state index is 0.816. The van der Waals surface area contributed by atoms with E-state index in [9.17, 15) is 0 Å². The maximum absolute atomic E-state index is 6.01. The Labute approximate surface area is 194 Å². The predicted molar refractivity (Wildman–Crippen MR) is 137 cm³/mol. The van der Waals surface area contributed by atoms with Gasteiger partial charge in [-0.25, -0.2) is 0 Å². The molecule has 0 bridgehead atoms. The van der Waals surface area contributed by atoms with Crippen molar-refractivity contribution in [3.05, 3.63) is 23.8 Å². The van der Waals surface area contributed by atoms with E-state index in [4.69, 9.17) is 9.47 Å². The first-order valence-electron chi connectivity index (χ1n) is 13.6. The number of hydrogen-bond donors (Lipinski definition) is 0. The molecule has 1 aromatic rings. The Hall–Kier alpha value is -1.18. The summed E-state index contributed by atoms with van der Waals surface area (Å²) in [5.74, 6) is 1.92. The first-order chi connectivity index (χ1) is 15.3. The van der Waals surface area contributed by atoms with Crippen molar-refractivity contribution in [1.82, 2.24) is 0 Å². The molecule has 0 fully saturated rings. The molecule has 1 aromatic carbocycles. The van der Waals surface area contributed by atoms with Gasteiger partial charge in [-0.2, -0.15) is 0 Å². The fourth-order valence-electron chi connectivity index (χ4n) is 4.09. The lowest BCUT2D eigenvalue weighted by atomic mass is 10.1.